The molecule has 7 heteroatoms. The lowest BCUT2D eigenvalue weighted by atomic mass is 10.1. The smallest absolute Gasteiger partial charge is 0.273 e. The standard InChI is InChI=1S/C16H20ClN5O/c1-2-14-15(16(23)19-12-6-8-18-9-7-12)20-21-22(14)13-5-3-4-11(17)10-13/h3-5,10,12,18H,2,6-9H2,1H3,(H,19,23). The summed E-state index contributed by atoms with van der Waals surface area (Å²) in [6, 6.07) is 7.56. The third-order valence-electron chi connectivity index (χ3n) is 4.04. The van der Waals surface area contributed by atoms with Gasteiger partial charge in [0.1, 0.15) is 0 Å². The van der Waals surface area contributed by atoms with E-state index in [1.54, 1.807) is 10.7 Å². The Hall–Kier alpha value is -1.92. The van der Waals surface area contributed by atoms with Crippen LogP contribution in [0.4, 0.5) is 0 Å². The van der Waals surface area contributed by atoms with Gasteiger partial charge in [-0.3, -0.25) is 4.79 Å². The van der Waals surface area contributed by atoms with Crippen LogP contribution in [0.25, 0.3) is 5.69 Å². The number of carbonyl (C=O) groups is 1. The zero-order chi connectivity index (χ0) is 16.2. The fraction of sp³-hybridized carbons (Fsp3) is 0.438. The highest BCUT2D eigenvalue weighted by molar-refractivity contribution is 6.30. The predicted molar refractivity (Wildman–Crippen MR) is 89.1 cm³/mol. The fourth-order valence-electron chi connectivity index (χ4n) is 2.83. The number of aromatic nitrogens is 3. The van der Waals surface area contributed by atoms with Crippen LogP contribution in [-0.4, -0.2) is 40.0 Å². The van der Waals surface area contributed by atoms with Crippen LogP contribution < -0.4 is 10.6 Å². The molecule has 1 aliphatic rings. The van der Waals surface area contributed by atoms with E-state index in [-0.39, 0.29) is 11.9 Å². The number of nitrogens with zero attached hydrogens (tertiary/aromatic N) is 3. The second kappa shape index (κ2) is 7.10. The maximum Gasteiger partial charge on any atom is 0.273 e. The quantitative estimate of drug-likeness (QED) is 0.897. The number of rotatable bonds is 4. The average molecular weight is 334 g/mol. The molecule has 122 valence electrons. The highest BCUT2D eigenvalue weighted by Crippen LogP contribution is 2.18. The first-order valence-electron chi connectivity index (χ1n) is 7.91. The summed E-state index contributed by atoms with van der Waals surface area (Å²) in [7, 11) is 0. The number of piperidine rings is 1. The van der Waals surface area contributed by atoms with Gasteiger partial charge in [-0.15, -0.1) is 5.10 Å². The van der Waals surface area contributed by atoms with E-state index < -0.39 is 0 Å². The van der Waals surface area contributed by atoms with Crippen LogP contribution >= 0.6 is 11.6 Å². The first-order chi connectivity index (χ1) is 11.2. The molecule has 0 saturated carbocycles. The molecule has 1 aliphatic heterocycles. The number of amides is 1. The van der Waals surface area contributed by atoms with Crippen LogP contribution in [0, 0.1) is 0 Å². The highest BCUT2D eigenvalue weighted by atomic mass is 35.5. The highest BCUT2D eigenvalue weighted by Gasteiger charge is 2.22. The van der Waals surface area contributed by atoms with Gasteiger partial charge in [-0.1, -0.05) is 29.8 Å². The molecule has 1 aromatic carbocycles. The second-order valence-corrected chi connectivity index (χ2v) is 6.06. The molecule has 0 radical (unpaired) electrons. The van der Waals surface area contributed by atoms with Crippen molar-refractivity contribution in [2.45, 2.75) is 32.2 Å². The molecule has 6 nitrogen and oxygen atoms in total. The van der Waals surface area contributed by atoms with E-state index in [0.29, 0.717) is 17.1 Å². The third-order valence-corrected chi connectivity index (χ3v) is 4.28. The molecule has 23 heavy (non-hydrogen) atoms. The first kappa shape index (κ1) is 16.0. The molecule has 2 heterocycles. The summed E-state index contributed by atoms with van der Waals surface area (Å²) in [4.78, 5) is 12.5. The van der Waals surface area contributed by atoms with E-state index in [4.69, 9.17) is 11.6 Å². The zero-order valence-electron chi connectivity index (χ0n) is 13.1. The molecule has 1 saturated heterocycles. The van der Waals surface area contributed by atoms with Crippen molar-refractivity contribution in [2.75, 3.05) is 13.1 Å². The van der Waals surface area contributed by atoms with E-state index >= 15 is 0 Å². The molecule has 1 fully saturated rings. The van der Waals surface area contributed by atoms with Crippen LogP contribution in [-0.2, 0) is 6.42 Å². The molecular formula is C16H20ClN5O. The number of hydrogen-bond donors (Lipinski definition) is 2. The molecule has 1 aromatic heterocycles. The maximum atomic E-state index is 12.5. The van der Waals surface area contributed by atoms with Gasteiger partial charge in [0.15, 0.2) is 5.69 Å². The average Bonchev–Trinajstić information content (AvgIpc) is 3.00. The number of benzene rings is 1. The van der Waals surface area contributed by atoms with Crippen molar-refractivity contribution in [3.05, 3.63) is 40.7 Å². The summed E-state index contributed by atoms with van der Waals surface area (Å²) in [5.74, 6) is -0.151. The van der Waals surface area contributed by atoms with Crippen LogP contribution in [0.5, 0.6) is 0 Å². The summed E-state index contributed by atoms with van der Waals surface area (Å²) in [6.07, 6.45) is 2.54. The van der Waals surface area contributed by atoms with Gasteiger partial charge in [0.05, 0.1) is 11.4 Å². The van der Waals surface area contributed by atoms with Crippen LogP contribution in [0.15, 0.2) is 24.3 Å². The van der Waals surface area contributed by atoms with Gasteiger partial charge >= 0.3 is 0 Å². The minimum Gasteiger partial charge on any atom is -0.348 e. The summed E-state index contributed by atoms with van der Waals surface area (Å²) in [5, 5.41) is 15.2. The number of nitrogens with one attached hydrogen (secondary N) is 2. The van der Waals surface area contributed by atoms with E-state index in [2.05, 4.69) is 20.9 Å². The van der Waals surface area contributed by atoms with Crippen molar-refractivity contribution in [2.24, 2.45) is 0 Å². The summed E-state index contributed by atoms with van der Waals surface area (Å²) in [6.45, 7) is 3.85. The molecule has 0 bridgehead atoms. The molecule has 2 N–H and O–H groups in total. The molecule has 2 aromatic rings. The Balaban J connectivity index is 1.84. The van der Waals surface area contributed by atoms with Crippen molar-refractivity contribution in [1.29, 1.82) is 0 Å². The molecule has 3 rings (SSSR count). The van der Waals surface area contributed by atoms with Crippen LogP contribution in [0.3, 0.4) is 0 Å². The Morgan fingerprint density at radius 1 is 1.43 bits per heavy atom. The molecular weight excluding hydrogens is 314 g/mol. The lowest BCUT2D eigenvalue weighted by molar-refractivity contribution is 0.0923. The van der Waals surface area contributed by atoms with Crippen molar-refractivity contribution in [3.63, 3.8) is 0 Å². The van der Waals surface area contributed by atoms with Gasteiger partial charge in [-0.05, 0) is 50.6 Å². The number of carbonyl (C=O) groups excluding carboxylic acids is 1. The first-order valence-corrected chi connectivity index (χ1v) is 8.29. The summed E-state index contributed by atoms with van der Waals surface area (Å²) >= 11 is 6.04. The SMILES string of the molecule is CCc1c(C(=O)NC2CCNCC2)nnn1-c1cccc(Cl)c1. The Morgan fingerprint density at radius 2 is 2.22 bits per heavy atom. The molecule has 0 atom stereocenters. The van der Waals surface area contributed by atoms with E-state index in [1.165, 1.54) is 0 Å². The molecule has 0 spiro atoms. The minimum atomic E-state index is -0.151. The Labute approximate surface area is 140 Å². The zero-order valence-corrected chi connectivity index (χ0v) is 13.8. The Kier molecular flexibility index (Phi) is 4.93. The van der Waals surface area contributed by atoms with Gasteiger partial charge < -0.3 is 10.6 Å². The summed E-state index contributed by atoms with van der Waals surface area (Å²) < 4.78 is 1.68. The Morgan fingerprint density at radius 3 is 2.91 bits per heavy atom. The van der Waals surface area contributed by atoms with Crippen molar-refractivity contribution >= 4 is 17.5 Å². The lowest BCUT2D eigenvalue weighted by Gasteiger charge is -2.23. The van der Waals surface area contributed by atoms with Crippen LogP contribution in [0.2, 0.25) is 5.02 Å². The molecule has 0 unspecified atom stereocenters. The fourth-order valence-corrected chi connectivity index (χ4v) is 3.02. The summed E-state index contributed by atoms with van der Waals surface area (Å²) in [5.41, 5.74) is 1.99. The largest absolute Gasteiger partial charge is 0.348 e. The topological polar surface area (TPSA) is 71.8 Å². The monoisotopic (exact) mass is 333 g/mol. The number of halogens is 1. The van der Waals surface area contributed by atoms with Crippen molar-refractivity contribution in [3.8, 4) is 5.69 Å². The van der Waals surface area contributed by atoms with E-state index in [9.17, 15) is 4.79 Å². The van der Waals surface area contributed by atoms with Gasteiger partial charge in [-0.2, -0.15) is 0 Å². The minimum absolute atomic E-state index is 0.151. The van der Waals surface area contributed by atoms with Crippen LogP contribution in [0.1, 0.15) is 35.9 Å². The maximum absolute atomic E-state index is 12.5. The molecule has 1 amide bonds. The normalized spacial score (nSPS) is 15.6. The van der Waals surface area contributed by atoms with E-state index in [0.717, 1.165) is 37.3 Å². The molecule has 0 aliphatic carbocycles. The lowest BCUT2D eigenvalue weighted by Crippen LogP contribution is -2.43. The number of hydrogen-bond acceptors (Lipinski definition) is 4. The van der Waals surface area contributed by atoms with Gasteiger partial charge in [0, 0.05) is 11.1 Å². The Bertz CT molecular complexity index is 694. The third kappa shape index (κ3) is 3.54. The van der Waals surface area contributed by atoms with Crippen molar-refractivity contribution in [1.82, 2.24) is 25.6 Å². The second-order valence-electron chi connectivity index (χ2n) is 5.63. The van der Waals surface area contributed by atoms with Gasteiger partial charge in [0.25, 0.3) is 5.91 Å². The van der Waals surface area contributed by atoms with Crippen molar-refractivity contribution < 1.29 is 4.79 Å². The van der Waals surface area contributed by atoms with Gasteiger partial charge in [-0.25, -0.2) is 4.68 Å². The van der Waals surface area contributed by atoms with Gasteiger partial charge in [0.2, 0.25) is 0 Å². The predicted octanol–water partition coefficient (Wildman–Crippen LogP) is 1.96. The van der Waals surface area contributed by atoms with E-state index in [1.807, 2.05) is 25.1 Å².